The van der Waals surface area contributed by atoms with Crippen molar-refractivity contribution in [2.75, 3.05) is 5.32 Å². The van der Waals surface area contributed by atoms with Gasteiger partial charge in [0.15, 0.2) is 0 Å². The summed E-state index contributed by atoms with van der Waals surface area (Å²) in [5.41, 5.74) is 2.90. The summed E-state index contributed by atoms with van der Waals surface area (Å²) in [4.78, 5) is 33.1. The highest BCUT2D eigenvalue weighted by atomic mass is 19.1. The SMILES string of the molecule is CC(=O)Nc1ccc(C(=O)NN=Cc2ccc(-c3ccc(F)c([N+](=O)[O-])c3)o2)cc1. The van der Waals surface area contributed by atoms with Gasteiger partial charge < -0.3 is 9.73 Å². The van der Waals surface area contributed by atoms with Crippen LogP contribution in [0.4, 0.5) is 15.8 Å². The first kappa shape index (κ1) is 20.4. The molecule has 2 amide bonds. The van der Waals surface area contributed by atoms with Crippen LogP contribution in [0.15, 0.2) is 64.1 Å². The van der Waals surface area contributed by atoms with Crippen molar-refractivity contribution in [3.8, 4) is 11.3 Å². The Kier molecular flexibility index (Phi) is 5.97. The van der Waals surface area contributed by atoms with Crippen LogP contribution in [-0.2, 0) is 4.79 Å². The molecule has 0 bridgehead atoms. The van der Waals surface area contributed by atoms with Crippen LogP contribution < -0.4 is 10.7 Å². The van der Waals surface area contributed by atoms with Crippen molar-refractivity contribution in [1.29, 1.82) is 0 Å². The molecular formula is C20H15FN4O5. The number of nitro groups is 1. The minimum Gasteiger partial charge on any atom is -0.455 e. The molecule has 1 aromatic heterocycles. The van der Waals surface area contributed by atoms with Gasteiger partial charge in [-0.3, -0.25) is 19.7 Å². The van der Waals surface area contributed by atoms with E-state index in [1.165, 1.54) is 31.3 Å². The third kappa shape index (κ3) is 4.93. The summed E-state index contributed by atoms with van der Waals surface area (Å²) in [7, 11) is 0. The number of benzene rings is 2. The van der Waals surface area contributed by atoms with Gasteiger partial charge in [0.25, 0.3) is 5.91 Å². The average molecular weight is 410 g/mol. The molecule has 0 aliphatic rings. The van der Waals surface area contributed by atoms with E-state index < -0.39 is 22.3 Å². The number of carbonyl (C=O) groups excluding carboxylic acids is 2. The van der Waals surface area contributed by atoms with E-state index in [0.717, 1.165) is 12.1 Å². The predicted octanol–water partition coefficient (Wildman–Crippen LogP) is 3.72. The van der Waals surface area contributed by atoms with Gasteiger partial charge in [-0.1, -0.05) is 0 Å². The Morgan fingerprint density at radius 1 is 1.13 bits per heavy atom. The first-order valence-corrected chi connectivity index (χ1v) is 8.58. The van der Waals surface area contributed by atoms with Crippen LogP contribution in [0.1, 0.15) is 23.0 Å². The number of hydrazone groups is 1. The molecule has 0 unspecified atom stereocenters. The van der Waals surface area contributed by atoms with Crippen molar-refractivity contribution in [1.82, 2.24) is 5.43 Å². The van der Waals surface area contributed by atoms with Gasteiger partial charge in [0.05, 0.1) is 11.1 Å². The Balaban J connectivity index is 1.64. The largest absolute Gasteiger partial charge is 0.455 e. The number of carbonyl (C=O) groups is 2. The van der Waals surface area contributed by atoms with Gasteiger partial charge in [-0.2, -0.15) is 9.49 Å². The highest BCUT2D eigenvalue weighted by Gasteiger charge is 2.16. The number of halogens is 1. The molecule has 2 N–H and O–H groups in total. The summed E-state index contributed by atoms with van der Waals surface area (Å²) < 4.78 is 18.9. The zero-order valence-electron chi connectivity index (χ0n) is 15.6. The van der Waals surface area contributed by atoms with Gasteiger partial charge in [0.1, 0.15) is 11.5 Å². The molecule has 1 heterocycles. The number of hydrogen-bond acceptors (Lipinski definition) is 6. The van der Waals surface area contributed by atoms with Crippen LogP contribution in [0.3, 0.4) is 0 Å². The molecule has 0 fully saturated rings. The molecule has 3 aromatic rings. The maximum atomic E-state index is 13.4. The van der Waals surface area contributed by atoms with E-state index in [4.69, 9.17) is 4.42 Å². The minimum atomic E-state index is -0.940. The van der Waals surface area contributed by atoms with Crippen LogP contribution in [0.2, 0.25) is 0 Å². The number of amides is 2. The molecule has 0 saturated carbocycles. The molecular weight excluding hydrogens is 395 g/mol. The monoisotopic (exact) mass is 410 g/mol. The van der Waals surface area contributed by atoms with Gasteiger partial charge in [0.2, 0.25) is 11.7 Å². The van der Waals surface area contributed by atoms with Crippen LogP contribution in [0.5, 0.6) is 0 Å². The Morgan fingerprint density at radius 3 is 2.53 bits per heavy atom. The topological polar surface area (TPSA) is 127 Å². The number of hydrogen-bond donors (Lipinski definition) is 2. The normalized spacial score (nSPS) is 10.7. The molecule has 0 spiro atoms. The van der Waals surface area contributed by atoms with Crippen LogP contribution in [-0.4, -0.2) is 23.0 Å². The molecule has 30 heavy (non-hydrogen) atoms. The van der Waals surface area contributed by atoms with E-state index in [1.54, 1.807) is 24.3 Å². The van der Waals surface area contributed by atoms with E-state index in [1.807, 2.05) is 0 Å². The van der Waals surface area contributed by atoms with Crippen molar-refractivity contribution >= 4 is 29.4 Å². The summed E-state index contributed by atoms with van der Waals surface area (Å²) in [5.74, 6) is -1.07. The molecule has 3 rings (SSSR count). The van der Waals surface area contributed by atoms with E-state index in [2.05, 4.69) is 15.8 Å². The molecule has 9 nitrogen and oxygen atoms in total. The molecule has 0 aliphatic heterocycles. The summed E-state index contributed by atoms with van der Waals surface area (Å²) in [6.45, 7) is 1.38. The number of anilines is 1. The lowest BCUT2D eigenvalue weighted by atomic mass is 10.1. The summed E-state index contributed by atoms with van der Waals surface area (Å²) in [5, 5.41) is 17.2. The predicted molar refractivity (Wildman–Crippen MR) is 107 cm³/mol. The second-order valence-electron chi connectivity index (χ2n) is 6.08. The zero-order chi connectivity index (χ0) is 21.7. The fourth-order valence-electron chi connectivity index (χ4n) is 2.51. The molecule has 152 valence electrons. The lowest BCUT2D eigenvalue weighted by Gasteiger charge is -2.03. The second-order valence-corrected chi connectivity index (χ2v) is 6.08. The van der Waals surface area contributed by atoms with E-state index in [9.17, 15) is 24.1 Å². The summed E-state index contributed by atoms with van der Waals surface area (Å²) >= 11 is 0. The maximum Gasteiger partial charge on any atom is 0.305 e. The molecule has 0 saturated heterocycles. The number of rotatable bonds is 6. The lowest BCUT2D eigenvalue weighted by Crippen LogP contribution is -2.17. The molecule has 0 aliphatic carbocycles. The van der Waals surface area contributed by atoms with E-state index in [-0.39, 0.29) is 17.4 Å². The number of nitrogens with zero attached hydrogens (tertiary/aromatic N) is 2. The van der Waals surface area contributed by atoms with Crippen molar-refractivity contribution in [2.24, 2.45) is 5.10 Å². The Morgan fingerprint density at radius 2 is 1.87 bits per heavy atom. The Bertz CT molecular complexity index is 1140. The number of furan rings is 1. The van der Waals surface area contributed by atoms with Crippen molar-refractivity contribution in [3.63, 3.8) is 0 Å². The van der Waals surface area contributed by atoms with Gasteiger partial charge in [-0.15, -0.1) is 0 Å². The standard InChI is InChI=1S/C20H15FN4O5/c1-12(26)23-15-5-2-13(3-6-15)20(27)24-22-11-16-7-9-19(30-16)14-4-8-17(21)18(10-14)25(28)29/h2-11H,1H3,(H,23,26)(H,24,27). The van der Waals surface area contributed by atoms with E-state index >= 15 is 0 Å². The Hall–Kier alpha value is -4.34. The van der Waals surface area contributed by atoms with Crippen molar-refractivity contribution in [3.05, 3.63) is 81.9 Å². The van der Waals surface area contributed by atoms with E-state index in [0.29, 0.717) is 16.8 Å². The van der Waals surface area contributed by atoms with Gasteiger partial charge in [-0.25, -0.2) is 5.43 Å². The lowest BCUT2D eigenvalue weighted by molar-refractivity contribution is -0.387. The van der Waals surface area contributed by atoms with Gasteiger partial charge in [0, 0.05) is 29.8 Å². The highest BCUT2D eigenvalue weighted by molar-refractivity contribution is 5.96. The highest BCUT2D eigenvalue weighted by Crippen LogP contribution is 2.27. The zero-order valence-corrected chi connectivity index (χ0v) is 15.6. The number of nitro benzene ring substituents is 1. The third-order valence-corrected chi connectivity index (χ3v) is 3.88. The fraction of sp³-hybridized carbons (Fsp3) is 0.0500. The van der Waals surface area contributed by atoms with Crippen LogP contribution >= 0.6 is 0 Å². The van der Waals surface area contributed by atoms with Crippen LogP contribution in [0, 0.1) is 15.9 Å². The van der Waals surface area contributed by atoms with Crippen molar-refractivity contribution in [2.45, 2.75) is 6.92 Å². The third-order valence-electron chi connectivity index (χ3n) is 3.88. The minimum absolute atomic E-state index is 0.218. The number of nitrogens with one attached hydrogen (secondary N) is 2. The van der Waals surface area contributed by atoms with Gasteiger partial charge in [-0.05, 0) is 48.5 Å². The summed E-state index contributed by atoms with van der Waals surface area (Å²) in [6, 6.07) is 12.7. The molecule has 0 atom stereocenters. The molecule has 2 aromatic carbocycles. The molecule has 10 heteroatoms. The smallest absolute Gasteiger partial charge is 0.305 e. The Labute approximate surface area is 169 Å². The van der Waals surface area contributed by atoms with Crippen LogP contribution in [0.25, 0.3) is 11.3 Å². The summed E-state index contributed by atoms with van der Waals surface area (Å²) in [6.07, 6.45) is 1.25. The quantitative estimate of drug-likeness (QED) is 0.364. The molecule has 0 radical (unpaired) electrons. The maximum absolute atomic E-state index is 13.4. The average Bonchev–Trinajstić information content (AvgIpc) is 3.17. The first-order valence-electron chi connectivity index (χ1n) is 8.58. The van der Waals surface area contributed by atoms with Crippen molar-refractivity contribution < 1.29 is 23.3 Å². The van der Waals surface area contributed by atoms with Gasteiger partial charge >= 0.3 is 5.69 Å². The fourth-order valence-corrected chi connectivity index (χ4v) is 2.51. The first-order chi connectivity index (χ1) is 14.3. The second kappa shape index (κ2) is 8.78.